The molecule has 5 heteroatoms. The van der Waals surface area contributed by atoms with Crippen LogP contribution >= 0.6 is 0 Å². The number of nitrogens with one attached hydrogen (secondary N) is 1. The average molecular weight is 242 g/mol. The molecule has 0 radical (unpaired) electrons. The predicted molar refractivity (Wildman–Crippen MR) is 63.5 cm³/mol. The molecule has 1 aromatic carbocycles. The van der Waals surface area contributed by atoms with Gasteiger partial charge in [0.1, 0.15) is 5.69 Å². The molecule has 17 heavy (non-hydrogen) atoms. The monoisotopic (exact) mass is 242 g/mol. The van der Waals surface area contributed by atoms with Gasteiger partial charge in [0.15, 0.2) is 11.6 Å². The molecule has 0 aromatic heterocycles. The molecule has 0 aliphatic carbocycles. The van der Waals surface area contributed by atoms with E-state index in [4.69, 9.17) is 5.73 Å². The van der Waals surface area contributed by atoms with Gasteiger partial charge in [-0.15, -0.1) is 0 Å². The van der Waals surface area contributed by atoms with Crippen molar-refractivity contribution in [3.05, 3.63) is 23.8 Å². The van der Waals surface area contributed by atoms with Crippen molar-refractivity contribution in [3.63, 3.8) is 0 Å². The third kappa shape index (κ3) is 3.69. The maximum Gasteiger partial charge on any atom is 0.224 e. The van der Waals surface area contributed by atoms with Crippen molar-refractivity contribution in [2.75, 3.05) is 11.1 Å². The van der Waals surface area contributed by atoms with Crippen LogP contribution in [0.3, 0.4) is 0 Å². The highest BCUT2D eigenvalue weighted by Gasteiger charge is 2.14. The van der Waals surface area contributed by atoms with Crippen LogP contribution in [0.1, 0.15) is 32.6 Å². The second-order valence-electron chi connectivity index (χ2n) is 3.83. The predicted octanol–water partition coefficient (Wildman–Crippen LogP) is 3.07. The van der Waals surface area contributed by atoms with Gasteiger partial charge in [-0.3, -0.25) is 4.79 Å². The summed E-state index contributed by atoms with van der Waals surface area (Å²) in [5, 5.41) is 2.30. The zero-order valence-electron chi connectivity index (χ0n) is 9.72. The molecule has 0 saturated heterocycles. The molecule has 3 nitrogen and oxygen atoms in total. The molecular weight excluding hydrogens is 226 g/mol. The van der Waals surface area contributed by atoms with Crippen LogP contribution < -0.4 is 11.1 Å². The van der Waals surface area contributed by atoms with E-state index in [1.165, 1.54) is 6.07 Å². The lowest BCUT2D eigenvalue weighted by atomic mass is 10.2. The largest absolute Gasteiger partial charge is 0.397 e. The van der Waals surface area contributed by atoms with Crippen LogP contribution in [-0.2, 0) is 4.79 Å². The lowest BCUT2D eigenvalue weighted by molar-refractivity contribution is -0.116. The lowest BCUT2D eigenvalue weighted by Gasteiger charge is -2.09. The van der Waals surface area contributed by atoms with Crippen LogP contribution in [0.4, 0.5) is 20.2 Å². The first kappa shape index (κ1) is 13.4. The van der Waals surface area contributed by atoms with E-state index in [1.54, 1.807) is 0 Å². The van der Waals surface area contributed by atoms with Crippen molar-refractivity contribution >= 4 is 17.3 Å². The van der Waals surface area contributed by atoms with Crippen LogP contribution in [-0.4, -0.2) is 5.91 Å². The minimum absolute atomic E-state index is 0.0211. The van der Waals surface area contributed by atoms with E-state index in [-0.39, 0.29) is 23.7 Å². The van der Waals surface area contributed by atoms with Crippen LogP contribution in [0.2, 0.25) is 0 Å². The smallest absolute Gasteiger partial charge is 0.224 e. The molecule has 94 valence electrons. The maximum absolute atomic E-state index is 13.3. The number of nitrogens with two attached hydrogens (primary N) is 1. The van der Waals surface area contributed by atoms with Crippen molar-refractivity contribution in [2.24, 2.45) is 0 Å². The summed E-state index contributed by atoms with van der Waals surface area (Å²) in [6, 6.07) is 2.15. The minimum Gasteiger partial charge on any atom is -0.397 e. The summed E-state index contributed by atoms with van der Waals surface area (Å²) in [4.78, 5) is 11.4. The normalized spacial score (nSPS) is 10.3. The van der Waals surface area contributed by atoms with Crippen LogP contribution in [0.5, 0.6) is 0 Å². The Kier molecular flexibility index (Phi) is 4.87. The number of amides is 1. The first-order valence-corrected chi connectivity index (χ1v) is 5.59. The molecule has 0 bridgehead atoms. The Bertz CT molecular complexity index is 408. The highest BCUT2D eigenvalue weighted by molar-refractivity contribution is 5.93. The van der Waals surface area contributed by atoms with E-state index in [2.05, 4.69) is 5.32 Å². The summed E-state index contributed by atoms with van der Waals surface area (Å²) in [5.41, 5.74) is 5.22. The van der Waals surface area contributed by atoms with Gasteiger partial charge in [0.2, 0.25) is 5.91 Å². The first-order chi connectivity index (χ1) is 8.06. The number of hydrogen-bond donors (Lipinski definition) is 2. The van der Waals surface area contributed by atoms with Gasteiger partial charge in [0, 0.05) is 6.42 Å². The summed E-state index contributed by atoms with van der Waals surface area (Å²) in [6.07, 6.45) is 2.92. The van der Waals surface area contributed by atoms with Gasteiger partial charge in [-0.25, -0.2) is 8.78 Å². The molecule has 0 saturated carbocycles. The molecule has 1 aromatic rings. The van der Waals surface area contributed by atoms with Gasteiger partial charge in [0.05, 0.1) is 5.69 Å². The molecule has 3 N–H and O–H groups in total. The number of rotatable bonds is 5. The van der Waals surface area contributed by atoms with Gasteiger partial charge in [-0.05, 0) is 18.6 Å². The number of halogens is 2. The SMILES string of the molecule is CCCCCC(=O)Nc1c(N)ccc(F)c1F. The van der Waals surface area contributed by atoms with Crippen LogP contribution in [0.15, 0.2) is 12.1 Å². The number of hydrogen-bond acceptors (Lipinski definition) is 2. The second kappa shape index (κ2) is 6.18. The number of anilines is 2. The van der Waals surface area contributed by atoms with Gasteiger partial charge in [0.25, 0.3) is 0 Å². The third-order valence-electron chi connectivity index (χ3n) is 2.40. The Morgan fingerprint density at radius 3 is 2.71 bits per heavy atom. The van der Waals surface area contributed by atoms with E-state index in [9.17, 15) is 13.6 Å². The Hall–Kier alpha value is -1.65. The Morgan fingerprint density at radius 2 is 2.06 bits per heavy atom. The van der Waals surface area contributed by atoms with Crippen LogP contribution in [0.25, 0.3) is 0 Å². The van der Waals surface area contributed by atoms with E-state index in [0.717, 1.165) is 25.3 Å². The molecule has 0 fully saturated rings. The van der Waals surface area contributed by atoms with Crippen molar-refractivity contribution in [3.8, 4) is 0 Å². The van der Waals surface area contributed by atoms with Crippen molar-refractivity contribution in [2.45, 2.75) is 32.6 Å². The summed E-state index contributed by atoms with van der Waals surface area (Å²) in [7, 11) is 0. The van der Waals surface area contributed by atoms with Crippen molar-refractivity contribution in [1.82, 2.24) is 0 Å². The Balaban J connectivity index is 2.68. The molecular formula is C12H16F2N2O. The van der Waals surface area contributed by atoms with Gasteiger partial charge < -0.3 is 11.1 Å². The molecule has 1 amide bonds. The third-order valence-corrected chi connectivity index (χ3v) is 2.40. The Labute approximate surface area is 99.0 Å². The number of carbonyl (C=O) groups is 1. The van der Waals surface area contributed by atoms with E-state index in [1.807, 2.05) is 6.92 Å². The highest BCUT2D eigenvalue weighted by atomic mass is 19.2. The molecule has 0 heterocycles. The van der Waals surface area contributed by atoms with Crippen molar-refractivity contribution < 1.29 is 13.6 Å². The standard InChI is InChI=1S/C12H16F2N2O/c1-2-3-4-5-10(17)16-12-9(15)7-6-8(13)11(12)14/h6-7H,2-5,15H2,1H3,(H,16,17). The zero-order chi connectivity index (χ0) is 12.8. The highest BCUT2D eigenvalue weighted by Crippen LogP contribution is 2.24. The molecule has 0 unspecified atom stereocenters. The van der Waals surface area contributed by atoms with Gasteiger partial charge in [-0.2, -0.15) is 0 Å². The summed E-state index contributed by atoms with van der Waals surface area (Å²) in [5.74, 6) is -2.49. The molecule has 0 aliphatic heterocycles. The van der Waals surface area contributed by atoms with E-state index >= 15 is 0 Å². The lowest BCUT2D eigenvalue weighted by Crippen LogP contribution is -2.14. The van der Waals surface area contributed by atoms with E-state index < -0.39 is 11.6 Å². The summed E-state index contributed by atoms with van der Waals surface area (Å²) in [6.45, 7) is 2.02. The topological polar surface area (TPSA) is 55.1 Å². The van der Waals surface area contributed by atoms with Crippen LogP contribution in [0, 0.1) is 11.6 Å². The van der Waals surface area contributed by atoms with Crippen molar-refractivity contribution in [1.29, 1.82) is 0 Å². The summed E-state index contributed by atoms with van der Waals surface area (Å²) < 4.78 is 26.3. The number of nitrogen functional groups attached to an aromatic ring is 1. The molecule has 0 atom stereocenters. The number of unbranched alkanes of at least 4 members (excludes halogenated alkanes) is 2. The quantitative estimate of drug-likeness (QED) is 0.616. The fourth-order valence-corrected chi connectivity index (χ4v) is 1.43. The van der Waals surface area contributed by atoms with Gasteiger partial charge >= 0.3 is 0 Å². The second-order valence-corrected chi connectivity index (χ2v) is 3.83. The number of benzene rings is 1. The fraction of sp³-hybridized carbons (Fsp3) is 0.417. The average Bonchev–Trinajstić information content (AvgIpc) is 2.30. The minimum atomic E-state index is -1.12. The maximum atomic E-state index is 13.3. The molecule has 0 aliphatic rings. The molecule has 0 spiro atoms. The van der Waals surface area contributed by atoms with Gasteiger partial charge in [-0.1, -0.05) is 19.8 Å². The number of carbonyl (C=O) groups excluding carboxylic acids is 1. The van der Waals surface area contributed by atoms with E-state index in [0.29, 0.717) is 0 Å². The Morgan fingerprint density at radius 1 is 1.35 bits per heavy atom. The zero-order valence-corrected chi connectivity index (χ0v) is 9.72. The summed E-state index contributed by atoms with van der Waals surface area (Å²) >= 11 is 0. The fourth-order valence-electron chi connectivity index (χ4n) is 1.43. The first-order valence-electron chi connectivity index (χ1n) is 5.59. The molecule has 1 rings (SSSR count).